The summed E-state index contributed by atoms with van der Waals surface area (Å²) in [5.41, 5.74) is 3.13. The molecule has 2 aromatic rings. The van der Waals surface area contributed by atoms with Crippen molar-refractivity contribution in [2.24, 2.45) is 0 Å². The molecule has 5 nitrogen and oxygen atoms in total. The van der Waals surface area contributed by atoms with E-state index in [1.54, 1.807) is 4.80 Å². The van der Waals surface area contributed by atoms with E-state index in [2.05, 4.69) is 53.6 Å². The molecule has 0 fully saturated rings. The van der Waals surface area contributed by atoms with Gasteiger partial charge in [-0.15, -0.1) is 0 Å². The smallest absolute Gasteiger partial charge is 0.117 e. The highest BCUT2D eigenvalue weighted by atomic mass is 15.5. The molecule has 21 heavy (non-hydrogen) atoms. The molecule has 2 rings (SSSR count). The Morgan fingerprint density at radius 3 is 2.57 bits per heavy atom. The predicted molar refractivity (Wildman–Crippen MR) is 86.0 cm³/mol. The fraction of sp³-hybridized carbons (Fsp3) is 0.500. The van der Waals surface area contributed by atoms with Gasteiger partial charge >= 0.3 is 0 Å². The molecule has 0 saturated heterocycles. The summed E-state index contributed by atoms with van der Waals surface area (Å²) in [7, 11) is 4.20. The summed E-state index contributed by atoms with van der Waals surface area (Å²) in [6.45, 7) is 5.70. The Kier molecular flexibility index (Phi) is 5.90. The first kappa shape index (κ1) is 15.7. The summed E-state index contributed by atoms with van der Waals surface area (Å²) in [5.74, 6) is 0. The number of nitrogens with one attached hydrogen (secondary N) is 1. The van der Waals surface area contributed by atoms with Crippen LogP contribution in [0.2, 0.25) is 0 Å². The molecule has 0 spiro atoms. The Morgan fingerprint density at radius 2 is 1.90 bits per heavy atom. The summed E-state index contributed by atoms with van der Waals surface area (Å²) in [6.07, 6.45) is 1.13. The maximum atomic E-state index is 4.58. The maximum absolute atomic E-state index is 4.58. The van der Waals surface area contributed by atoms with E-state index in [1.807, 2.05) is 18.2 Å². The van der Waals surface area contributed by atoms with Gasteiger partial charge in [0.15, 0.2) is 0 Å². The summed E-state index contributed by atoms with van der Waals surface area (Å²) in [5, 5.41) is 12.6. The molecule has 0 radical (unpaired) electrons. The van der Waals surface area contributed by atoms with Crippen molar-refractivity contribution in [3.8, 4) is 11.3 Å². The first-order valence-electron chi connectivity index (χ1n) is 7.55. The second-order valence-electron chi connectivity index (χ2n) is 5.38. The Bertz CT molecular complexity index is 533. The van der Waals surface area contributed by atoms with Crippen molar-refractivity contribution in [2.45, 2.75) is 26.4 Å². The van der Waals surface area contributed by atoms with Crippen LogP contribution in [0.15, 0.2) is 30.3 Å². The maximum Gasteiger partial charge on any atom is 0.117 e. The van der Waals surface area contributed by atoms with E-state index in [-0.39, 0.29) is 0 Å². The lowest BCUT2D eigenvalue weighted by Crippen LogP contribution is -2.21. The average Bonchev–Trinajstić information content (AvgIpc) is 2.91. The van der Waals surface area contributed by atoms with E-state index in [0.29, 0.717) is 0 Å². The second kappa shape index (κ2) is 7.90. The Balaban J connectivity index is 2.00. The molecule has 0 aliphatic rings. The fourth-order valence-electron chi connectivity index (χ4n) is 2.19. The van der Waals surface area contributed by atoms with Crippen LogP contribution in [0.1, 0.15) is 19.0 Å². The zero-order valence-corrected chi connectivity index (χ0v) is 13.2. The Labute approximate surface area is 127 Å². The van der Waals surface area contributed by atoms with Crippen molar-refractivity contribution in [2.75, 3.05) is 27.2 Å². The van der Waals surface area contributed by atoms with Crippen LogP contribution in [0.4, 0.5) is 0 Å². The molecular weight excluding hydrogens is 262 g/mol. The molecule has 1 aromatic heterocycles. The van der Waals surface area contributed by atoms with Crippen molar-refractivity contribution in [3.05, 3.63) is 36.0 Å². The molecule has 0 saturated carbocycles. The van der Waals surface area contributed by atoms with Gasteiger partial charge in [-0.05, 0) is 40.5 Å². The summed E-state index contributed by atoms with van der Waals surface area (Å²) in [6, 6.07) is 10.3. The second-order valence-corrected chi connectivity index (χ2v) is 5.38. The lowest BCUT2D eigenvalue weighted by molar-refractivity contribution is 0.394. The molecule has 1 heterocycles. The molecule has 5 heteroatoms. The van der Waals surface area contributed by atoms with Crippen LogP contribution in [-0.4, -0.2) is 47.1 Å². The topological polar surface area (TPSA) is 46.0 Å². The van der Waals surface area contributed by atoms with Gasteiger partial charge in [0.1, 0.15) is 11.4 Å². The van der Waals surface area contributed by atoms with Gasteiger partial charge in [0.05, 0.1) is 6.54 Å². The fourth-order valence-corrected chi connectivity index (χ4v) is 2.19. The zero-order chi connectivity index (χ0) is 15.1. The summed E-state index contributed by atoms with van der Waals surface area (Å²) >= 11 is 0. The van der Waals surface area contributed by atoms with Crippen LogP contribution < -0.4 is 5.32 Å². The molecule has 0 amide bonds. The van der Waals surface area contributed by atoms with Crippen molar-refractivity contribution in [3.63, 3.8) is 0 Å². The average molecular weight is 287 g/mol. The first-order valence-corrected chi connectivity index (χ1v) is 7.55. The Hall–Kier alpha value is -1.72. The van der Waals surface area contributed by atoms with Gasteiger partial charge in [-0.2, -0.15) is 15.0 Å². The molecule has 0 aliphatic heterocycles. The van der Waals surface area contributed by atoms with Crippen LogP contribution in [0.5, 0.6) is 0 Å². The summed E-state index contributed by atoms with van der Waals surface area (Å²) < 4.78 is 0. The monoisotopic (exact) mass is 287 g/mol. The third-order valence-electron chi connectivity index (χ3n) is 3.31. The standard InChI is InChI=1S/C16H25N5/c1-4-21-18-15(13-17-11-8-12-20(2)3)16(19-21)14-9-6-5-7-10-14/h5-7,9-10,17H,4,8,11-13H2,1-3H3. The lowest BCUT2D eigenvalue weighted by atomic mass is 10.1. The lowest BCUT2D eigenvalue weighted by Gasteiger charge is -2.09. The van der Waals surface area contributed by atoms with Crippen molar-refractivity contribution in [1.29, 1.82) is 0 Å². The number of aromatic nitrogens is 3. The minimum Gasteiger partial charge on any atom is -0.311 e. The third kappa shape index (κ3) is 4.65. The molecule has 0 bridgehead atoms. The highest BCUT2D eigenvalue weighted by Gasteiger charge is 2.11. The van der Waals surface area contributed by atoms with Crippen molar-refractivity contribution in [1.82, 2.24) is 25.2 Å². The number of hydrogen-bond donors (Lipinski definition) is 1. The number of benzene rings is 1. The number of hydrogen-bond acceptors (Lipinski definition) is 4. The van der Waals surface area contributed by atoms with Crippen molar-refractivity contribution >= 4 is 0 Å². The normalized spacial score (nSPS) is 11.2. The summed E-state index contributed by atoms with van der Waals surface area (Å²) in [4.78, 5) is 3.96. The predicted octanol–water partition coefficient (Wildman–Crippen LogP) is 2.01. The van der Waals surface area contributed by atoms with Gasteiger partial charge in [-0.3, -0.25) is 0 Å². The molecule has 0 atom stereocenters. The number of rotatable bonds is 8. The van der Waals surface area contributed by atoms with E-state index in [0.717, 1.165) is 49.6 Å². The highest BCUT2D eigenvalue weighted by Crippen LogP contribution is 2.19. The molecule has 1 N–H and O–H groups in total. The van der Waals surface area contributed by atoms with Crippen LogP contribution in [0.3, 0.4) is 0 Å². The van der Waals surface area contributed by atoms with Gasteiger partial charge in [0, 0.05) is 12.1 Å². The molecule has 1 aromatic carbocycles. The molecule has 114 valence electrons. The largest absolute Gasteiger partial charge is 0.311 e. The molecule has 0 aliphatic carbocycles. The van der Waals surface area contributed by atoms with E-state index in [9.17, 15) is 0 Å². The van der Waals surface area contributed by atoms with E-state index in [1.165, 1.54) is 0 Å². The molecule has 0 unspecified atom stereocenters. The third-order valence-corrected chi connectivity index (χ3v) is 3.31. The van der Waals surface area contributed by atoms with E-state index < -0.39 is 0 Å². The number of aryl methyl sites for hydroxylation is 1. The van der Waals surface area contributed by atoms with Gasteiger partial charge in [-0.25, -0.2) is 0 Å². The van der Waals surface area contributed by atoms with Gasteiger partial charge in [0.25, 0.3) is 0 Å². The minimum absolute atomic E-state index is 0.762. The van der Waals surface area contributed by atoms with Crippen LogP contribution in [0, 0.1) is 0 Å². The highest BCUT2D eigenvalue weighted by molar-refractivity contribution is 5.60. The van der Waals surface area contributed by atoms with E-state index >= 15 is 0 Å². The van der Waals surface area contributed by atoms with Gasteiger partial charge in [0.2, 0.25) is 0 Å². The SMILES string of the molecule is CCn1nc(CNCCCN(C)C)c(-c2ccccc2)n1. The quantitative estimate of drug-likeness (QED) is 0.754. The number of nitrogens with zero attached hydrogens (tertiary/aromatic N) is 4. The first-order chi connectivity index (χ1) is 10.2. The van der Waals surface area contributed by atoms with Crippen molar-refractivity contribution < 1.29 is 0 Å². The van der Waals surface area contributed by atoms with Crippen LogP contribution in [-0.2, 0) is 13.1 Å². The van der Waals surface area contributed by atoms with Gasteiger partial charge in [-0.1, -0.05) is 30.3 Å². The Morgan fingerprint density at radius 1 is 1.14 bits per heavy atom. The van der Waals surface area contributed by atoms with Gasteiger partial charge < -0.3 is 10.2 Å². The zero-order valence-electron chi connectivity index (χ0n) is 13.2. The van der Waals surface area contributed by atoms with Crippen LogP contribution in [0.25, 0.3) is 11.3 Å². The molecular formula is C16H25N5. The van der Waals surface area contributed by atoms with Crippen LogP contribution >= 0.6 is 0 Å². The minimum atomic E-state index is 0.762. The van der Waals surface area contributed by atoms with E-state index in [4.69, 9.17) is 0 Å².